The van der Waals surface area contributed by atoms with Crippen LogP contribution in [0.15, 0.2) is 5.16 Å². The molecular formula is C9H16N6OS. The standard InChI is InChI=1S/C9H16N6OS/c1-5(2)11-7-12-8(15(3)6(10)16)14-9(13-7)17-4/h5H,1-4H3,(H2,10,16)(H,11,12,13,14). The molecule has 2 amide bonds. The smallest absolute Gasteiger partial charge is 0.321 e. The number of primary amides is 1. The van der Waals surface area contributed by atoms with Crippen LogP contribution in [0.5, 0.6) is 0 Å². The maximum atomic E-state index is 11.1. The number of anilines is 2. The second kappa shape index (κ2) is 5.67. The molecule has 7 nitrogen and oxygen atoms in total. The van der Waals surface area contributed by atoms with Crippen molar-refractivity contribution in [3.63, 3.8) is 0 Å². The largest absolute Gasteiger partial charge is 0.352 e. The number of hydrogen-bond donors (Lipinski definition) is 2. The van der Waals surface area contributed by atoms with Gasteiger partial charge in [0, 0.05) is 13.1 Å². The van der Waals surface area contributed by atoms with Gasteiger partial charge in [-0.1, -0.05) is 11.8 Å². The molecule has 0 unspecified atom stereocenters. The van der Waals surface area contributed by atoms with Crippen LogP contribution in [-0.4, -0.2) is 40.3 Å². The number of thioether (sulfide) groups is 1. The van der Waals surface area contributed by atoms with E-state index in [0.717, 1.165) is 0 Å². The fourth-order valence-corrected chi connectivity index (χ4v) is 1.36. The van der Waals surface area contributed by atoms with Crippen LogP contribution in [0.25, 0.3) is 0 Å². The molecule has 0 spiro atoms. The Hall–Kier alpha value is -1.57. The highest BCUT2D eigenvalue weighted by Gasteiger charge is 2.13. The number of amides is 2. The van der Waals surface area contributed by atoms with Gasteiger partial charge in [-0.15, -0.1) is 0 Å². The van der Waals surface area contributed by atoms with Gasteiger partial charge in [-0.25, -0.2) is 4.79 Å². The molecule has 0 aliphatic carbocycles. The molecule has 3 N–H and O–H groups in total. The summed E-state index contributed by atoms with van der Waals surface area (Å²) in [6.45, 7) is 3.94. The molecule has 1 rings (SSSR count). The molecular weight excluding hydrogens is 240 g/mol. The van der Waals surface area contributed by atoms with Crippen LogP contribution in [0.4, 0.5) is 16.7 Å². The van der Waals surface area contributed by atoms with E-state index in [1.165, 1.54) is 23.7 Å². The first-order valence-corrected chi connectivity index (χ1v) is 6.26. The minimum Gasteiger partial charge on any atom is -0.352 e. The molecule has 8 heteroatoms. The number of aromatic nitrogens is 3. The summed E-state index contributed by atoms with van der Waals surface area (Å²) < 4.78 is 0. The molecule has 1 aromatic rings. The van der Waals surface area contributed by atoms with Crippen LogP contribution in [-0.2, 0) is 0 Å². The quantitative estimate of drug-likeness (QED) is 0.778. The lowest BCUT2D eigenvalue weighted by Crippen LogP contribution is -2.33. The van der Waals surface area contributed by atoms with Gasteiger partial charge in [-0.3, -0.25) is 4.90 Å². The Morgan fingerprint density at radius 3 is 2.53 bits per heavy atom. The molecule has 1 heterocycles. The second-order valence-electron chi connectivity index (χ2n) is 3.64. The molecule has 1 aromatic heterocycles. The molecule has 0 aliphatic rings. The molecule has 94 valence electrons. The van der Waals surface area contributed by atoms with Gasteiger partial charge in [-0.2, -0.15) is 15.0 Å². The Kier molecular flexibility index (Phi) is 4.50. The van der Waals surface area contributed by atoms with Gasteiger partial charge in [0.25, 0.3) is 0 Å². The number of rotatable bonds is 4. The van der Waals surface area contributed by atoms with E-state index < -0.39 is 6.03 Å². The summed E-state index contributed by atoms with van der Waals surface area (Å²) in [5.74, 6) is 0.669. The first kappa shape index (κ1) is 13.5. The Morgan fingerprint density at radius 2 is 2.06 bits per heavy atom. The normalized spacial score (nSPS) is 10.4. The lowest BCUT2D eigenvalue weighted by Gasteiger charge is -2.15. The van der Waals surface area contributed by atoms with E-state index in [9.17, 15) is 4.79 Å². The number of nitrogens with two attached hydrogens (primary N) is 1. The van der Waals surface area contributed by atoms with Crippen molar-refractivity contribution >= 4 is 29.7 Å². The predicted molar refractivity (Wildman–Crippen MR) is 68.4 cm³/mol. The van der Waals surface area contributed by atoms with Gasteiger partial charge in [0.05, 0.1) is 0 Å². The average molecular weight is 256 g/mol. The number of nitrogens with one attached hydrogen (secondary N) is 1. The highest BCUT2D eigenvalue weighted by molar-refractivity contribution is 7.98. The maximum Gasteiger partial charge on any atom is 0.321 e. The van der Waals surface area contributed by atoms with Gasteiger partial charge in [0.2, 0.25) is 11.9 Å². The fourth-order valence-electron chi connectivity index (χ4n) is 1.01. The van der Waals surface area contributed by atoms with Crippen LogP contribution in [0.3, 0.4) is 0 Å². The van der Waals surface area contributed by atoms with Gasteiger partial charge < -0.3 is 11.1 Å². The van der Waals surface area contributed by atoms with Crippen molar-refractivity contribution < 1.29 is 4.79 Å². The number of hydrogen-bond acceptors (Lipinski definition) is 6. The summed E-state index contributed by atoms with van der Waals surface area (Å²) in [4.78, 5) is 24.6. The van der Waals surface area contributed by atoms with E-state index in [2.05, 4.69) is 20.3 Å². The van der Waals surface area contributed by atoms with Crippen molar-refractivity contribution in [2.75, 3.05) is 23.5 Å². The van der Waals surface area contributed by atoms with Crippen LogP contribution in [0.1, 0.15) is 13.8 Å². The summed E-state index contributed by atoms with van der Waals surface area (Å²) in [5, 5.41) is 3.59. The lowest BCUT2D eigenvalue weighted by molar-refractivity contribution is 0.254. The molecule has 0 atom stereocenters. The van der Waals surface area contributed by atoms with E-state index in [-0.39, 0.29) is 12.0 Å². The maximum absolute atomic E-state index is 11.1. The summed E-state index contributed by atoms with van der Waals surface area (Å²) in [7, 11) is 1.51. The second-order valence-corrected chi connectivity index (χ2v) is 4.42. The first-order valence-electron chi connectivity index (χ1n) is 5.03. The molecule has 0 saturated heterocycles. The third-order valence-corrected chi connectivity index (χ3v) is 2.38. The van der Waals surface area contributed by atoms with Crippen LogP contribution < -0.4 is 16.0 Å². The Bertz CT molecular complexity index is 410. The molecule has 0 aromatic carbocycles. The third kappa shape index (κ3) is 3.74. The third-order valence-electron chi connectivity index (χ3n) is 1.83. The van der Waals surface area contributed by atoms with Crippen LogP contribution in [0, 0.1) is 0 Å². The Balaban J connectivity index is 3.08. The van der Waals surface area contributed by atoms with Gasteiger partial charge >= 0.3 is 6.03 Å². The van der Waals surface area contributed by atoms with Crippen molar-refractivity contribution in [2.45, 2.75) is 25.0 Å². The van der Waals surface area contributed by atoms with Crippen molar-refractivity contribution in [2.24, 2.45) is 5.73 Å². The predicted octanol–water partition coefficient (Wildman–Crippen LogP) is 0.929. The highest BCUT2D eigenvalue weighted by atomic mass is 32.2. The van der Waals surface area contributed by atoms with Gasteiger partial charge in [0.15, 0.2) is 5.16 Å². The summed E-state index contributed by atoms with van der Waals surface area (Å²) in [6, 6.07) is -0.419. The molecule has 0 fully saturated rings. The van der Waals surface area contributed by atoms with Crippen molar-refractivity contribution in [3.8, 4) is 0 Å². The highest BCUT2D eigenvalue weighted by Crippen LogP contribution is 2.16. The minimum absolute atomic E-state index is 0.193. The molecule has 0 radical (unpaired) electrons. The zero-order valence-corrected chi connectivity index (χ0v) is 11.1. The summed E-state index contributed by atoms with van der Waals surface area (Å²) >= 11 is 1.37. The monoisotopic (exact) mass is 256 g/mol. The number of urea groups is 1. The zero-order valence-electron chi connectivity index (χ0n) is 10.3. The van der Waals surface area contributed by atoms with Gasteiger partial charge in [0.1, 0.15) is 0 Å². The van der Waals surface area contributed by atoms with E-state index in [1.54, 1.807) is 0 Å². The number of carbonyl (C=O) groups is 1. The number of carbonyl (C=O) groups excluding carboxylic acids is 1. The molecule has 17 heavy (non-hydrogen) atoms. The van der Waals surface area contributed by atoms with Crippen LogP contribution in [0.2, 0.25) is 0 Å². The van der Waals surface area contributed by atoms with Crippen molar-refractivity contribution in [1.29, 1.82) is 0 Å². The minimum atomic E-state index is -0.612. The van der Waals surface area contributed by atoms with Crippen LogP contribution >= 0.6 is 11.8 Å². The zero-order chi connectivity index (χ0) is 13.0. The topological polar surface area (TPSA) is 97.0 Å². The lowest BCUT2D eigenvalue weighted by atomic mass is 10.4. The van der Waals surface area contributed by atoms with E-state index in [4.69, 9.17) is 5.73 Å². The van der Waals surface area contributed by atoms with Gasteiger partial charge in [-0.05, 0) is 20.1 Å². The summed E-state index contributed by atoms with van der Waals surface area (Å²) in [5.41, 5.74) is 5.17. The van der Waals surface area contributed by atoms with E-state index >= 15 is 0 Å². The average Bonchev–Trinajstić information content (AvgIpc) is 2.26. The van der Waals surface area contributed by atoms with Crippen molar-refractivity contribution in [3.05, 3.63) is 0 Å². The van der Waals surface area contributed by atoms with E-state index in [1.807, 2.05) is 20.1 Å². The fraction of sp³-hybridized carbons (Fsp3) is 0.556. The van der Waals surface area contributed by atoms with E-state index in [0.29, 0.717) is 11.1 Å². The Morgan fingerprint density at radius 1 is 1.41 bits per heavy atom. The molecule has 0 saturated carbocycles. The molecule has 0 bridgehead atoms. The first-order chi connectivity index (χ1) is 7.93. The Labute approximate surface area is 104 Å². The summed E-state index contributed by atoms with van der Waals surface area (Å²) in [6.07, 6.45) is 1.85. The van der Waals surface area contributed by atoms with Crippen molar-refractivity contribution in [1.82, 2.24) is 15.0 Å². The molecule has 0 aliphatic heterocycles. The number of nitrogens with zero attached hydrogens (tertiary/aromatic N) is 4. The SMILES string of the molecule is CSc1nc(NC(C)C)nc(N(C)C(N)=O)n1.